The Labute approximate surface area is 118 Å². The van der Waals surface area contributed by atoms with Gasteiger partial charge in [-0.15, -0.1) is 0 Å². The van der Waals surface area contributed by atoms with Crippen molar-refractivity contribution in [2.24, 2.45) is 17.4 Å². The summed E-state index contributed by atoms with van der Waals surface area (Å²) in [5.41, 5.74) is 12.4. The summed E-state index contributed by atoms with van der Waals surface area (Å²) >= 11 is 5.81. The predicted octanol–water partition coefficient (Wildman–Crippen LogP) is 2.74. The average Bonchev–Trinajstić information content (AvgIpc) is 2.43. The molecule has 3 nitrogen and oxygen atoms in total. The van der Waals surface area contributed by atoms with E-state index in [0.717, 1.165) is 31.4 Å². The van der Waals surface area contributed by atoms with Crippen molar-refractivity contribution in [3.63, 3.8) is 0 Å². The molecule has 0 aromatic heterocycles. The summed E-state index contributed by atoms with van der Waals surface area (Å²) in [5.74, 6) is 0.0956. The van der Waals surface area contributed by atoms with Crippen molar-refractivity contribution in [1.29, 1.82) is 0 Å². The maximum Gasteiger partial charge on any atom is 0.141 e. The molecular weight excluding hydrogens is 265 g/mol. The zero-order valence-corrected chi connectivity index (χ0v) is 11.7. The molecule has 5 N–H and O–H groups in total. The van der Waals surface area contributed by atoms with Crippen molar-refractivity contribution >= 4 is 17.3 Å². The second kappa shape index (κ2) is 6.07. The molecule has 1 aliphatic carbocycles. The van der Waals surface area contributed by atoms with Crippen molar-refractivity contribution in [1.82, 2.24) is 0 Å². The number of rotatable bonds is 4. The number of hydrogen-bond donors (Lipinski definition) is 3. The first-order valence-corrected chi connectivity index (χ1v) is 7.10. The van der Waals surface area contributed by atoms with E-state index in [1.165, 1.54) is 6.07 Å². The molecule has 0 radical (unpaired) electrons. The maximum absolute atomic E-state index is 13.2. The van der Waals surface area contributed by atoms with Gasteiger partial charge in [0.15, 0.2) is 0 Å². The minimum Gasteiger partial charge on any atom is -0.378 e. The van der Waals surface area contributed by atoms with E-state index in [4.69, 9.17) is 23.1 Å². The molecule has 0 heterocycles. The molecular formula is C14H21ClFN3. The van der Waals surface area contributed by atoms with Gasteiger partial charge >= 0.3 is 0 Å². The lowest BCUT2D eigenvalue weighted by molar-refractivity contribution is 0.254. The van der Waals surface area contributed by atoms with Gasteiger partial charge in [0.1, 0.15) is 5.82 Å². The molecule has 0 amide bonds. The Balaban J connectivity index is 2.15. The summed E-state index contributed by atoms with van der Waals surface area (Å²) < 4.78 is 13.2. The number of nitrogens with one attached hydrogen (secondary N) is 1. The van der Waals surface area contributed by atoms with Crippen LogP contribution in [0.2, 0.25) is 5.02 Å². The first-order chi connectivity index (χ1) is 9.08. The van der Waals surface area contributed by atoms with E-state index in [0.29, 0.717) is 19.0 Å². The Hall–Kier alpha value is -0.840. The van der Waals surface area contributed by atoms with Crippen LogP contribution in [0.15, 0.2) is 18.2 Å². The summed E-state index contributed by atoms with van der Waals surface area (Å²) in [6.07, 6.45) is 4.23. The first-order valence-electron chi connectivity index (χ1n) is 6.72. The minimum absolute atomic E-state index is 0.128. The van der Waals surface area contributed by atoms with Crippen LogP contribution in [0.5, 0.6) is 0 Å². The maximum atomic E-state index is 13.2. The molecule has 1 aliphatic rings. The zero-order chi connectivity index (χ0) is 13.9. The lowest BCUT2D eigenvalue weighted by atomic mass is 9.75. The van der Waals surface area contributed by atoms with E-state index >= 15 is 0 Å². The molecule has 0 aliphatic heterocycles. The predicted molar refractivity (Wildman–Crippen MR) is 77.8 cm³/mol. The molecule has 106 valence electrons. The fourth-order valence-corrected chi connectivity index (χ4v) is 3.10. The summed E-state index contributed by atoms with van der Waals surface area (Å²) in [6, 6.07) is 4.68. The summed E-state index contributed by atoms with van der Waals surface area (Å²) in [6.45, 7) is 1.23. The third kappa shape index (κ3) is 3.38. The molecule has 2 rings (SSSR count). The molecule has 1 aromatic carbocycles. The van der Waals surface area contributed by atoms with E-state index in [-0.39, 0.29) is 10.6 Å². The van der Waals surface area contributed by atoms with Gasteiger partial charge in [0.25, 0.3) is 0 Å². The summed E-state index contributed by atoms with van der Waals surface area (Å²) in [4.78, 5) is 0. The third-order valence-corrected chi connectivity index (χ3v) is 4.29. The molecule has 0 saturated heterocycles. The quantitative estimate of drug-likeness (QED) is 0.797. The molecule has 1 aromatic rings. The number of halogens is 2. The van der Waals surface area contributed by atoms with Crippen molar-refractivity contribution in [2.45, 2.75) is 31.2 Å². The summed E-state index contributed by atoms with van der Waals surface area (Å²) in [5, 5.41) is 3.57. The number of benzene rings is 1. The molecule has 19 heavy (non-hydrogen) atoms. The lowest BCUT2D eigenvalue weighted by Gasteiger charge is -2.41. The highest BCUT2D eigenvalue weighted by molar-refractivity contribution is 6.31. The SMILES string of the molecule is NCC1CCCC(CN)(Nc2ccc(F)c(Cl)c2)C1. The second-order valence-corrected chi connectivity index (χ2v) is 5.84. The van der Waals surface area contributed by atoms with Crippen LogP contribution in [-0.2, 0) is 0 Å². The van der Waals surface area contributed by atoms with Gasteiger partial charge in [-0.2, -0.15) is 0 Å². The second-order valence-electron chi connectivity index (χ2n) is 5.44. The number of nitrogens with two attached hydrogens (primary N) is 2. The highest BCUT2D eigenvalue weighted by Gasteiger charge is 2.34. The fraction of sp³-hybridized carbons (Fsp3) is 0.571. The van der Waals surface area contributed by atoms with Gasteiger partial charge in [-0.1, -0.05) is 18.0 Å². The topological polar surface area (TPSA) is 64.1 Å². The van der Waals surface area contributed by atoms with Crippen LogP contribution < -0.4 is 16.8 Å². The monoisotopic (exact) mass is 285 g/mol. The Kier molecular flexibility index (Phi) is 4.66. The van der Waals surface area contributed by atoms with Crippen molar-refractivity contribution in [2.75, 3.05) is 18.4 Å². The van der Waals surface area contributed by atoms with Crippen LogP contribution >= 0.6 is 11.6 Å². The minimum atomic E-state index is -0.405. The Morgan fingerprint density at radius 1 is 1.42 bits per heavy atom. The normalized spacial score (nSPS) is 27.3. The highest BCUT2D eigenvalue weighted by atomic mass is 35.5. The van der Waals surface area contributed by atoms with E-state index in [2.05, 4.69) is 5.32 Å². The van der Waals surface area contributed by atoms with E-state index < -0.39 is 5.82 Å². The van der Waals surface area contributed by atoms with Gasteiger partial charge in [0.2, 0.25) is 0 Å². The first kappa shape index (κ1) is 14.6. The van der Waals surface area contributed by atoms with Crippen molar-refractivity contribution < 1.29 is 4.39 Å². The van der Waals surface area contributed by atoms with Crippen LogP contribution in [-0.4, -0.2) is 18.6 Å². The average molecular weight is 286 g/mol. The van der Waals surface area contributed by atoms with E-state index in [9.17, 15) is 4.39 Å². The van der Waals surface area contributed by atoms with Gasteiger partial charge in [-0.3, -0.25) is 0 Å². The third-order valence-electron chi connectivity index (χ3n) is 4.00. The smallest absolute Gasteiger partial charge is 0.141 e. The fourth-order valence-electron chi connectivity index (χ4n) is 2.92. The van der Waals surface area contributed by atoms with E-state index in [1.54, 1.807) is 12.1 Å². The largest absolute Gasteiger partial charge is 0.378 e. The Morgan fingerprint density at radius 3 is 2.84 bits per heavy atom. The van der Waals surface area contributed by atoms with Crippen LogP contribution in [0.3, 0.4) is 0 Å². The molecule has 5 heteroatoms. The van der Waals surface area contributed by atoms with Gasteiger partial charge in [0.05, 0.1) is 5.02 Å². The number of anilines is 1. The van der Waals surface area contributed by atoms with Crippen molar-refractivity contribution in [3.05, 3.63) is 29.0 Å². The van der Waals surface area contributed by atoms with Gasteiger partial charge in [-0.25, -0.2) is 4.39 Å². The van der Waals surface area contributed by atoms with Crippen LogP contribution in [0, 0.1) is 11.7 Å². The number of hydrogen-bond acceptors (Lipinski definition) is 3. The summed E-state index contributed by atoms with van der Waals surface area (Å²) in [7, 11) is 0. The Morgan fingerprint density at radius 2 is 2.21 bits per heavy atom. The molecule has 0 bridgehead atoms. The molecule has 2 atom stereocenters. The molecule has 2 unspecified atom stereocenters. The van der Waals surface area contributed by atoms with Crippen LogP contribution in [0.25, 0.3) is 0 Å². The van der Waals surface area contributed by atoms with Gasteiger partial charge < -0.3 is 16.8 Å². The zero-order valence-electron chi connectivity index (χ0n) is 11.0. The molecule has 1 fully saturated rings. The highest BCUT2D eigenvalue weighted by Crippen LogP contribution is 2.34. The van der Waals surface area contributed by atoms with Gasteiger partial charge in [0, 0.05) is 17.8 Å². The molecule has 1 saturated carbocycles. The van der Waals surface area contributed by atoms with Gasteiger partial charge in [-0.05, 0) is 49.9 Å². The van der Waals surface area contributed by atoms with Crippen LogP contribution in [0.4, 0.5) is 10.1 Å². The van der Waals surface area contributed by atoms with Crippen molar-refractivity contribution in [3.8, 4) is 0 Å². The van der Waals surface area contributed by atoms with E-state index in [1.807, 2.05) is 0 Å². The Bertz CT molecular complexity index is 441. The van der Waals surface area contributed by atoms with Crippen LogP contribution in [0.1, 0.15) is 25.7 Å². The molecule has 0 spiro atoms. The standard InChI is InChI=1S/C14H21ClFN3/c15-12-6-11(3-4-13(12)16)19-14(9-18)5-1-2-10(7-14)8-17/h3-4,6,10,19H,1-2,5,7-9,17-18H2. The lowest BCUT2D eigenvalue weighted by Crippen LogP contribution is -2.50.